The lowest BCUT2D eigenvalue weighted by molar-refractivity contribution is -0.134. The molecule has 1 heterocycles. The first kappa shape index (κ1) is 19.8. The maximum Gasteiger partial charge on any atom is 0.331 e. The Balaban J connectivity index is 1.82. The van der Waals surface area contributed by atoms with Gasteiger partial charge in [0.05, 0.1) is 17.1 Å². The molecule has 3 N–H and O–H groups in total. The molecule has 0 aliphatic heterocycles. The minimum Gasteiger partial charge on any atom is -0.478 e. The molecule has 2 atom stereocenters. The minimum atomic E-state index is -1.16. The summed E-state index contributed by atoms with van der Waals surface area (Å²) >= 11 is 5.44. The highest BCUT2D eigenvalue weighted by Crippen LogP contribution is 2.24. The molecule has 0 amide bonds. The number of carbonyl (C=O) groups is 2. The van der Waals surface area contributed by atoms with Crippen molar-refractivity contribution >= 4 is 34.6 Å². The lowest BCUT2D eigenvalue weighted by Crippen LogP contribution is -2.47. The number of pyridine rings is 1. The summed E-state index contributed by atoms with van der Waals surface area (Å²) in [5.41, 5.74) is 1.09. The number of thiocarbonyl (C=S) groups is 1. The van der Waals surface area contributed by atoms with E-state index in [1.54, 1.807) is 0 Å². The number of hydrogen-bond donors (Lipinski definition) is 3. The van der Waals surface area contributed by atoms with Crippen molar-refractivity contribution in [1.82, 2.24) is 10.3 Å². The number of Topliss-reactive ketones (excluding diaryl/α,β-unsaturated/α-hetero) is 1. The average Bonchev–Trinajstić information content (AvgIpc) is 2.67. The van der Waals surface area contributed by atoms with E-state index in [2.05, 4.69) is 15.6 Å². The predicted octanol–water partition coefficient (Wildman–Crippen LogP) is 2.72. The lowest BCUT2D eigenvalue weighted by Gasteiger charge is -2.30. The van der Waals surface area contributed by atoms with Gasteiger partial charge in [0.2, 0.25) is 0 Å². The monoisotopic (exact) mass is 399 g/mol. The third-order valence-corrected chi connectivity index (χ3v) is 4.79. The summed E-state index contributed by atoms with van der Waals surface area (Å²) in [5, 5.41) is 15.4. The molecule has 1 aromatic carbocycles. The van der Waals surface area contributed by atoms with Crippen molar-refractivity contribution in [3.8, 4) is 0 Å². The molecular formula is C20H18FN3O3S. The fourth-order valence-electron chi connectivity index (χ4n) is 3.02. The van der Waals surface area contributed by atoms with E-state index in [0.717, 1.165) is 11.9 Å². The van der Waals surface area contributed by atoms with Gasteiger partial charge in [0.1, 0.15) is 11.6 Å². The van der Waals surface area contributed by atoms with Crippen LogP contribution in [0.4, 0.5) is 10.1 Å². The van der Waals surface area contributed by atoms with Gasteiger partial charge in [-0.15, -0.1) is 0 Å². The quantitative estimate of drug-likeness (QED) is 0.644. The zero-order valence-electron chi connectivity index (χ0n) is 14.8. The van der Waals surface area contributed by atoms with Gasteiger partial charge in [-0.3, -0.25) is 9.78 Å². The van der Waals surface area contributed by atoms with Crippen LogP contribution in [0.25, 0.3) is 0 Å². The van der Waals surface area contributed by atoms with Crippen LogP contribution in [0.15, 0.2) is 60.4 Å². The number of carboxylic acids is 1. The largest absolute Gasteiger partial charge is 0.478 e. The van der Waals surface area contributed by atoms with E-state index in [1.165, 1.54) is 18.3 Å². The topological polar surface area (TPSA) is 91.3 Å². The first-order valence-corrected chi connectivity index (χ1v) is 9.01. The van der Waals surface area contributed by atoms with Crippen LogP contribution in [0.3, 0.4) is 0 Å². The Morgan fingerprint density at radius 2 is 2.04 bits per heavy atom. The van der Waals surface area contributed by atoms with Crippen LogP contribution in [0.5, 0.6) is 0 Å². The van der Waals surface area contributed by atoms with Crippen molar-refractivity contribution in [3.63, 3.8) is 0 Å². The second kappa shape index (κ2) is 8.81. The number of ketones is 1. The average molecular weight is 399 g/mol. The molecule has 1 aliphatic rings. The number of halogens is 1. The number of anilines is 1. The lowest BCUT2D eigenvalue weighted by atomic mass is 9.83. The van der Waals surface area contributed by atoms with E-state index in [9.17, 15) is 19.1 Å². The number of carbonyl (C=O) groups excluding carboxylic acids is 1. The molecule has 3 rings (SSSR count). The fraction of sp³-hybridized carbons (Fsp3) is 0.200. The van der Waals surface area contributed by atoms with Crippen LogP contribution in [0.2, 0.25) is 0 Å². The van der Waals surface area contributed by atoms with Gasteiger partial charge in [0.15, 0.2) is 0 Å². The van der Waals surface area contributed by atoms with Crippen molar-refractivity contribution in [2.75, 3.05) is 5.32 Å². The van der Waals surface area contributed by atoms with E-state index in [-0.39, 0.29) is 29.3 Å². The van der Waals surface area contributed by atoms with E-state index < -0.39 is 23.7 Å². The normalized spacial score (nSPS) is 19.0. The number of rotatable bonds is 6. The number of nitrogens with one attached hydrogen (secondary N) is 2. The summed E-state index contributed by atoms with van der Waals surface area (Å²) in [6.07, 6.45) is 3.83. The van der Waals surface area contributed by atoms with Crippen LogP contribution >= 0.6 is 12.2 Å². The molecule has 8 heteroatoms. The SMILES string of the molecule is O=C(O)C1=CC(NCc2ccncc2F)C(C(=S)Nc2ccccc2)C(=O)C1. The number of benzene rings is 1. The highest BCUT2D eigenvalue weighted by Gasteiger charge is 2.36. The molecule has 2 unspecified atom stereocenters. The first-order valence-electron chi connectivity index (χ1n) is 8.60. The van der Waals surface area contributed by atoms with Gasteiger partial charge in [0, 0.05) is 42.0 Å². The third kappa shape index (κ3) is 4.65. The standard InChI is InChI=1S/C20H18FN3O3S/c21-15-11-22-7-6-12(15)10-23-16-8-13(20(26)27)9-17(25)18(16)19(28)24-14-4-2-1-3-5-14/h1-8,11,16,18,23H,9-10H2,(H,24,28)(H,26,27). The molecule has 0 saturated heterocycles. The fourth-order valence-corrected chi connectivity index (χ4v) is 3.42. The molecule has 28 heavy (non-hydrogen) atoms. The first-order chi connectivity index (χ1) is 13.5. The van der Waals surface area contributed by atoms with Crippen LogP contribution in [-0.2, 0) is 16.1 Å². The Bertz CT molecular complexity index is 933. The Morgan fingerprint density at radius 1 is 1.29 bits per heavy atom. The highest BCUT2D eigenvalue weighted by molar-refractivity contribution is 7.80. The summed E-state index contributed by atoms with van der Waals surface area (Å²) in [6.45, 7) is 0.0974. The molecule has 6 nitrogen and oxygen atoms in total. The van der Waals surface area contributed by atoms with Crippen LogP contribution < -0.4 is 10.6 Å². The van der Waals surface area contributed by atoms with Crippen LogP contribution in [0.1, 0.15) is 12.0 Å². The Labute approximate surface area is 166 Å². The second-order valence-corrected chi connectivity index (χ2v) is 6.79. The zero-order valence-corrected chi connectivity index (χ0v) is 15.6. The van der Waals surface area contributed by atoms with Crippen molar-refractivity contribution in [3.05, 3.63) is 71.8 Å². The smallest absolute Gasteiger partial charge is 0.331 e. The van der Waals surface area contributed by atoms with Gasteiger partial charge >= 0.3 is 5.97 Å². The Kier molecular flexibility index (Phi) is 6.23. The van der Waals surface area contributed by atoms with E-state index in [4.69, 9.17) is 12.2 Å². The Hall–Kier alpha value is -2.97. The minimum absolute atomic E-state index is 0.00328. The maximum absolute atomic E-state index is 13.9. The molecule has 1 aromatic heterocycles. The van der Waals surface area contributed by atoms with Gasteiger partial charge in [-0.2, -0.15) is 0 Å². The van der Waals surface area contributed by atoms with Crippen LogP contribution in [0, 0.1) is 11.7 Å². The van der Waals surface area contributed by atoms with Crippen molar-refractivity contribution in [1.29, 1.82) is 0 Å². The van der Waals surface area contributed by atoms with Crippen molar-refractivity contribution in [2.24, 2.45) is 5.92 Å². The highest BCUT2D eigenvalue weighted by atomic mass is 32.1. The van der Waals surface area contributed by atoms with Crippen LogP contribution in [-0.4, -0.2) is 32.9 Å². The van der Waals surface area contributed by atoms with Gasteiger partial charge in [-0.05, 0) is 18.2 Å². The molecule has 0 spiro atoms. The molecule has 0 radical (unpaired) electrons. The van der Waals surface area contributed by atoms with Crippen molar-refractivity contribution < 1.29 is 19.1 Å². The number of para-hydroxylation sites is 1. The summed E-state index contributed by atoms with van der Waals surface area (Å²) < 4.78 is 13.9. The molecule has 1 aliphatic carbocycles. The number of aromatic nitrogens is 1. The molecule has 0 fully saturated rings. The van der Waals surface area contributed by atoms with Gasteiger partial charge < -0.3 is 15.7 Å². The molecule has 0 bridgehead atoms. The van der Waals surface area contributed by atoms with Gasteiger partial charge in [-0.1, -0.05) is 36.5 Å². The predicted molar refractivity (Wildman–Crippen MR) is 106 cm³/mol. The van der Waals surface area contributed by atoms with Gasteiger partial charge in [-0.25, -0.2) is 9.18 Å². The third-order valence-electron chi connectivity index (χ3n) is 4.43. The number of aliphatic carboxylic acids is 1. The summed E-state index contributed by atoms with van der Waals surface area (Å²) in [4.78, 5) is 28.0. The van der Waals surface area contributed by atoms with Gasteiger partial charge in [0.25, 0.3) is 0 Å². The molecular weight excluding hydrogens is 381 g/mol. The summed E-state index contributed by atoms with van der Waals surface area (Å²) in [7, 11) is 0. The van der Waals surface area contributed by atoms with E-state index >= 15 is 0 Å². The van der Waals surface area contributed by atoms with Crippen molar-refractivity contribution in [2.45, 2.75) is 19.0 Å². The molecule has 0 saturated carbocycles. The summed E-state index contributed by atoms with van der Waals surface area (Å²) in [6, 6.07) is 9.99. The summed E-state index contributed by atoms with van der Waals surface area (Å²) in [5.74, 6) is -2.71. The second-order valence-electron chi connectivity index (χ2n) is 6.35. The van der Waals surface area contributed by atoms with E-state index in [0.29, 0.717) is 5.56 Å². The number of hydrogen-bond acceptors (Lipinski definition) is 5. The number of nitrogens with zero attached hydrogens (tertiary/aromatic N) is 1. The number of carboxylic acid groups (broad SMARTS) is 1. The molecule has 144 valence electrons. The molecule has 2 aromatic rings. The maximum atomic E-state index is 13.9. The Morgan fingerprint density at radius 3 is 2.71 bits per heavy atom. The zero-order chi connectivity index (χ0) is 20.1. The van der Waals surface area contributed by atoms with E-state index in [1.807, 2.05) is 30.3 Å².